The number of carbonyl (C=O) groups is 5. The van der Waals surface area contributed by atoms with Gasteiger partial charge in [0.1, 0.15) is 17.8 Å². The summed E-state index contributed by atoms with van der Waals surface area (Å²) >= 11 is 0. The summed E-state index contributed by atoms with van der Waals surface area (Å²) in [7, 11) is 0. The number of rotatable bonds is 14. The van der Waals surface area contributed by atoms with Crippen LogP contribution in [0.5, 0.6) is 5.75 Å². The summed E-state index contributed by atoms with van der Waals surface area (Å²) in [6.45, 7) is 4.88. The number of aliphatic hydroxyl groups is 1. The van der Waals surface area contributed by atoms with Crippen molar-refractivity contribution in [3.8, 4) is 5.75 Å². The zero-order valence-corrected chi connectivity index (χ0v) is 20.4. The van der Waals surface area contributed by atoms with Gasteiger partial charge in [0.25, 0.3) is 0 Å². The van der Waals surface area contributed by atoms with Crippen LogP contribution < -0.4 is 27.4 Å². The molecule has 0 bridgehead atoms. The van der Waals surface area contributed by atoms with Crippen molar-refractivity contribution in [3.05, 3.63) is 29.8 Å². The molecule has 0 saturated heterocycles. The summed E-state index contributed by atoms with van der Waals surface area (Å²) in [4.78, 5) is 61.3. The fourth-order valence-corrected chi connectivity index (χ4v) is 3.30. The van der Waals surface area contributed by atoms with Crippen LogP contribution in [0.15, 0.2) is 24.3 Å². The number of aliphatic hydroxyl groups excluding tert-OH is 1. The Morgan fingerprint density at radius 1 is 0.889 bits per heavy atom. The molecule has 0 radical (unpaired) electrons. The normalized spacial score (nSPS) is 15.2. The van der Waals surface area contributed by atoms with Crippen molar-refractivity contribution >= 4 is 29.6 Å². The van der Waals surface area contributed by atoms with Crippen LogP contribution in [0.3, 0.4) is 0 Å². The molecule has 0 aliphatic rings. The highest BCUT2D eigenvalue weighted by Gasteiger charge is 2.32. The van der Waals surface area contributed by atoms with Crippen molar-refractivity contribution in [1.82, 2.24) is 16.0 Å². The molecule has 5 unspecified atom stereocenters. The van der Waals surface area contributed by atoms with E-state index in [-0.39, 0.29) is 18.1 Å². The van der Waals surface area contributed by atoms with E-state index in [1.165, 1.54) is 31.2 Å². The van der Waals surface area contributed by atoms with E-state index in [9.17, 15) is 39.3 Å². The van der Waals surface area contributed by atoms with E-state index < -0.39 is 66.3 Å². The molecule has 0 spiro atoms. The molecule has 10 N–H and O–H groups in total. The van der Waals surface area contributed by atoms with E-state index in [0.717, 1.165) is 0 Å². The Kier molecular flexibility index (Phi) is 11.8. The Morgan fingerprint density at radius 2 is 1.42 bits per heavy atom. The summed E-state index contributed by atoms with van der Waals surface area (Å²) in [6, 6.07) is 0.243. The highest BCUT2D eigenvalue weighted by Crippen LogP contribution is 2.12. The topological polar surface area (TPSA) is 234 Å². The zero-order chi connectivity index (χ0) is 27.6. The van der Waals surface area contributed by atoms with Crippen LogP contribution in [0, 0.1) is 5.92 Å². The molecule has 13 heteroatoms. The molecule has 0 aromatic heterocycles. The number of carboxylic acid groups (broad SMARTS) is 1. The number of benzene rings is 1. The molecular weight excluding hydrogens is 474 g/mol. The van der Waals surface area contributed by atoms with Crippen LogP contribution in [0.25, 0.3) is 0 Å². The number of hydrogen-bond donors (Lipinski definition) is 8. The monoisotopic (exact) mass is 509 g/mol. The second kappa shape index (κ2) is 14.0. The van der Waals surface area contributed by atoms with E-state index in [1.54, 1.807) is 0 Å². The maximum atomic E-state index is 13.0. The fraction of sp³-hybridized carbons (Fsp3) is 0.522. The predicted molar refractivity (Wildman–Crippen MR) is 128 cm³/mol. The molecule has 1 aromatic rings. The number of phenolic OH excluding ortho intramolecular Hbond substituents is 1. The molecule has 0 heterocycles. The summed E-state index contributed by atoms with van der Waals surface area (Å²) < 4.78 is 0. The minimum atomic E-state index is -1.66. The standard InChI is InChI=1S/C23H35N5O8/c1-11(2)8-15(24)20(32)26-17(10-18(25)31)21(33)27-16(9-13-4-6-14(30)7-5-13)22(34)28-19(12(3)29)23(35)36/h4-7,11-12,15-17,19,29-30H,8-10,24H2,1-3H3,(H2,25,31)(H,26,32)(H,27,33)(H,28,34)(H,35,36). The van der Waals surface area contributed by atoms with E-state index >= 15 is 0 Å². The maximum Gasteiger partial charge on any atom is 0.328 e. The Hall–Kier alpha value is -3.71. The molecule has 0 aliphatic carbocycles. The van der Waals surface area contributed by atoms with Gasteiger partial charge in [-0.3, -0.25) is 19.2 Å². The van der Waals surface area contributed by atoms with Gasteiger partial charge in [-0.15, -0.1) is 0 Å². The lowest BCUT2D eigenvalue weighted by atomic mass is 10.0. The lowest BCUT2D eigenvalue weighted by Gasteiger charge is -2.25. The van der Waals surface area contributed by atoms with Crippen LogP contribution in [-0.4, -0.2) is 75.2 Å². The van der Waals surface area contributed by atoms with E-state index in [2.05, 4.69) is 16.0 Å². The number of aromatic hydroxyl groups is 1. The van der Waals surface area contributed by atoms with Crippen molar-refractivity contribution < 1.29 is 39.3 Å². The maximum absolute atomic E-state index is 13.0. The molecule has 36 heavy (non-hydrogen) atoms. The van der Waals surface area contributed by atoms with Gasteiger partial charge in [0.2, 0.25) is 23.6 Å². The molecule has 200 valence electrons. The van der Waals surface area contributed by atoms with Gasteiger partial charge in [0, 0.05) is 6.42 Å². The molecular formula is C23H35N5O8. The van der Waals surface area contributed by atoms with Crippen LogP contribution in [-0.2, 0) is 30.4 Å². The Morgan fingerprint density at radius 3 is 1.89 bits per heavy atom. The number of hydrogen-bond acceptors (Lipinski definition) is 8. The fourth-order valence-electron chi connectivity index (χ4n) is 3.30. The average molecular weight is 510 g/mol. The molecule has 5 atom stereocenters. The third-order valence-corrected chi connectivity index (χ3v) is 5.16. The van der Waals surface area contributed by atoms with Crippen LogP contribution >= 0.6 is 0 Å². The third-order valence-electron chi connectivity index (χ3n) is 5.16. The first kappa shape index (κ1) is 30.3. The van der Waals surface area contributed by atoms with Crippen molar-refractivity contribution in [2.24, 2.45) is 17.4 Å². The highest BCUT2D eigenvalue weighted by atomic mass is 16.4. The van der Waals surface area contributed by atoms with Gasteiger partial charge in [-0.25, -0.2) is 4.79 Å². The van der Waals surface area contributed by atoms with Gasteiger partial charge in [0.05, 0.1) is 18.6 Å². The van der Waals surface area contributed by atoms with E-state index in [0.29, 0.717) is 12.0 Å². The van der Waals surface area contributed by atoms with Gasteiger partial charge >= 0.3 is 5.97 Å². The molecule has 1 rings (SSSR count). The van der Waals surface area contributed by atoms with Crippen LogP contribution in [0.1, 0.15) is 39.2 Å². The first-order valence-electron chi connectivity index (χ1n) is 11.3. The first-order chi connectivity index (χ1) is 16.7. The van der Waals surface area contributed by atoms with E-state index in [4.69, 9.17) is 11.5 Å². The van der Waals surface area contributed by atoms with Crippen molar-refractivity contribution in [2.45, 2.75) is 70.3 Å². The van der Waals surface area contributed by atoms with Gasteiger partial charge in [-0.05, 0) is 37.0 Å². The van der Waals surface area contributed by atoms with Gasteiger partial charge in [0.15, 0.2) is 6.04 Å². The van der Waals surface area contributed by atoms with E-state index in [1.807, 2.05) is 13.8 Å². The number of phenols is 1. The van der Waals surface area contributed by atoms with Crippen molar-refractivity contribution in [2.75, 3.05) is 0 Å². The summed E-state index contributed by atoms with van der Waals surface area (Å²) in [5, 5.41) is 35.4. The number of carboxylic acids is 1. The number of primary amides is 1. The number of aliphatic carboxylic acids is 1. The quantitative estimate of drug-likeness (QED) is 0.140. The summed E-state index contributed by atoms with van der Waals surface area (Å²) in [5.41, 5.74) is 11.6. The molecule has 0 aliphatic heterocycles. The smallest absolute Gasteiger partial charge is 0.328 e. The zero-order valence-electron chi connectivity index (χ0n) is 20.4. The lowest BCUT2D eigenvalue weighted by Crippen LogP contribution is -2.59. The molecule has 1 aromatic carbocycles. The number of nitrogens with one attached hydrogen (secondary N) is 3. The Bertz CT molecular complexity index is 935. The van der Waals surface area contributed by atoms with Gasteiger partial charge in [-0.1, -0.05) is 26.0 Å². The molecule has 13 nitrogen and oxygen atoms in total. The Balaban J connectivity index is 3.16. The van der Waals surface area contributed by atoms with Gasteiger partial charge in [-0.2, -0.15) is 0 Å². The number of amides is 4. The molecule has 0 fully saturated rings. The second-order valence-electron chi connectivity index (χ2n) is 8.96. The summed E-state index contributed by atoms with van der Waals surface area (Å²) in [6.07, 6.45) is -1.85. The highest BCUT2D eigenvalue weighted by molar-refractivity contribution is 5.96. The number of carbonyl (C=O) groups excluding carboxylic acids is 4. The third kappa shape index (κ3) is 10.3. The minimum absolute atomic E-state index is 0.0363. The van der Waals surface area contributed by atoms with Crippen LogP contribution in [0.4, 0.5) is 0 Å². The lowest BCUT2D eigenvalue weighted by molar-refractivity contribution is -0.145. The first-order valence-corrected chi connectivity index (χ1v) is 11.3. The second-order valence-corrected chi connectivity index (χ2v) is 8.96. The Labute approximate surface area is 208 Å². The average Bonchev–Trinajstić information content (AvgIpc) is 2.76. The van der Waals surface area contributed by atoms with Crippen molar-refractivity contribution in [3.63, 3.8) is 0 Å². The van der Waals surface area contributed by atoms with Crippen molar-refractivity contribution in [1.29, 1.82) is 0 Å². The summed E-state index contributed by atoms with van der Waals surface area (Å²) in [5.74, 6) is -4.90. The molecule has 4 amide bonds. The largest absolute Gasteiger partial charge is 0.508 e. The number of nitrogens with two attached hydrogens (primary N) is 2. The predicted octanol–water partition coefficient (Wildman–Crippen LogP) is -1.90. The van der Waals surface area contributed by atoms with Gasteiger partial charge < -0.3 is 42.7 Å². The SMILES string of the molecule is CC(C)CC(N)C(=O)NC(CC(N)=O)C(=O)NC(Cc1ccc(O)cc1)C(=O)NC(C(=O)O)C(C)O. The molecule has 0 saturated carbocycles. The van der Waals surface area contributed by atoms with Crippen LogP contribution in [0.2, 0.25) is 0 Å². The minimum Gasteiger partial charge on any atom is -0.508 e.